The summed E-state index contributed by atoms with van der Waals surface area (Å²) in [6, 6.07) is 63.2. The van der Waals surface area contributed by atoms with Crippen LogP contribution in [0.2, 0.25) is 0 Å². The molecule has 2 unspecified atom stereocenters. The summed E-state index contributed by atoms with van der Waals surface area (Å²) in [5, 5.41) is 2.16. The van der Waals surface area contributed by atoms with E-state index in [1.807, 2.05) is 60.7 Å². The van der Waals surface area contributed by atoms with E-state index in [4.69, 9.17) is 24.9 Å². The van der Waals surface area contributed by atoms with Crippen molar-refractivity contribution in [2.45, 2.75) is 24.7 Å². The third-order valence-corrected chi connectivity index (χ3v) is 12.1. The Morgan fingerprint density at radius 2 is 0.983 bits per heavy atom. The van der Waals surface area contributed by atoms with Gasteiger partial charge in [0.1, 0.15) is 0 Å². The van der Waals surface area contributed by atoms with E-state index >= 15 is 0 Å². The zero-order valence-corrected chi connectivity index (χ0v) is 32.4. The van der Waals surface area contributed by atoms with Crippen LogP contribution >= 0.6 is 0 Å². The molecule has 2 bridgehead atoms. The standard InChI is InChI=1S/C54H39N5/c1-4-14-37(15-5-1)44-21-12-13-23-46(44)53-58-51(40-18-8-3-9-19-40)57-52(59-53)42-32-41-20-10-11-22-45(41)47(33-42)49-34-48(55-50(56-49)39-16-6-2-7-17-39)38-24-26-43(27-25-38)54-30-28-36(35-54)29-31-54/h1-28,30,32-34,36H,29,31,35H2. The minimum Gasteiger partial charge on any atom is -0.228 e. The molecule has 7 aromatic carbocycles. The van der Waals surface area contributed by atoms with Gasteiger partial charge < -0.3 is 0 Å². The molecule has 2 aliphatic carbocycles. The molecule has 0 saturated heterocycles. The van der Waals surface area contributed by atoms with Gasteiger partial charge in [-0.2, -0.15) is 0 Å². The van der Waals surface area contributed by atoms with Crippen molar-refractivity contribution in [1.29, 1.82) is 0 Å². The van der Waals surface area contributed by atoms with E-state index in [1.165, 1.54) is 24.8 Å². The maximum absolute atomic E-state index is 5.30. The molecule has 9 aromatic rings. The molecule has 280 valence electrons. The molecule has 59 heavy (non-hydrogen) atoms. The normalized spacial score (nSPS) is 16.8. The van der Waals surface area contributed by atoms with Crippen molar-refractivity contribution in [2.75, 3.05) is 0 Å². The highest BCUT2D eigenvalue weighted by Gasteiger charge is 2.41. The van der Waals surface area contributed by atoms with Crippen LogP contribution in [0.3, 0.4) is 0 Å². The van der Waals surface area contributed by atoms with Gasteiger partial charge in [-0.3, -0.25) is 0 Å². The van der Waals surface area contributed by atoms with Gasteiger partial charge in [-0.15, -0.1) is 0 Å². The van der Waals surface area contributed by atoms with Gasteiger partial charge >= 0.3 is 0 Å². The van der Waals surface area contributed by atoms with Gasteiger partial charge in [0.15, 0.2) is 23.3 Å². The molecule has 5 nitrogen and oxygen atoms in total. The molecule has 0 radical (unpaired) electrons. The van der Waals surface area contributed by atoms with Crippen LogP contribution in [0.15, 0.2) is 194 Å². The molecule has 1 fully saturated rings. The topological polar surface area (TPSA) is 64.5 Å². The quantitative estimate of drug-likeness (QED) is 0.144. The van der Waals surface area contributed by atoms with Crippen molar-refractivity contribution in [3.8, 4) is 79.2 Å². The molecule has 2 aromatic heterocycles. The lowest BCUT2D eigenvalue weighted by molar-refractivity contribution is 0.567. The molecule has 5 heteroatoms. The van der Waals surface area contributed by atoms with Gasteiger partial charge in [0.05, 0.1) is 11.4 Å². The van der Waals surface area contributed by atoms with Crippen LogP contribution < -0.4 is 0 Å². The fourth-order valence-electron chi connectivity index (χ4n) is 9.07. The highest BCUT2D eigenvalue weighted by atomic mass is 15.0. The summed E-state index contributed by atoms with van der Waals surface area (Å²) in [7, 11) is 0. The largest absolute Gasteiger partial charge is 0.228 e. The van der Waals surface area contributed by atoms with Gasteiger partial charge in [-0.05, 0) is 70.8 Å². The van der Waals surface area contributed by atoms with Gasteiger partial charge in [0.25, 0.3) is 0 Å². The Morgan fingerprint density at radius 1 is 0.407 bits per heavy atom. The Hall–Kier alpha value is -7.37. The van der Waals surface area contributed by atoms with Gasteiger partial charge in [0, 0.05) is 38.8 Å². The zero-order valence-electron chi connectivity index (χ0n) is 32.4. The predicted molar refractivity (Wildman–Crippen MR) is 239 cm³/mol. The van der Waals surface area contributed by atoms with E-state index in [-0.39, 0.29) is 5.41 Å². The molecule has 0 aliphatic heterocycles. The van der Waals surface area contributed by atoms with E-state index < -0.39 is 0 Å². The van der Waals surface area contributed by atoms with Crippen LogP contribution in [0.5, 0.6) is 0 Å². The minimum atomic E-state index is 0.174. The van der Waals surface area contributed by atoms with Crippen LogP contribution in [0, 0.1) is 5.92 Å². The maximum atomic E-state index is 5.30. The number of aromatic nitrogens is 5. The number of hydrogen-bond acceptors (Lipinski definition) is 5. The molecule has 0 N–H and O–H groups in total. The minimum absolute atomic E-state index is 0.174. The average molecular weight is 758 g/mol. The van der Waals surface area contributed by atoms with Crippen molar-refractivity contribution in [2.24, 2.45) is 5.92 Å². The van der Waals surface area contributed by atoms with Crippen LogP contribution in [0.1, 0.15) is 24.8 Å². The second-order valence-corrected chi connectivity index (χ2v) is 15.8. The van der Waals surface area contributed by atoms with Crippen molar-refractivity contribution in [3.05, 3.63) is 200 Å². The number of benzene rings is 7. The van der Waals surface area contributed by atoms with E-state index in [0.717, 1.165) is 72.6 Å². The Balaban J connectivity index is 1.09. The molecule has 11 rings (SSSR count). The predicted octanol–water partition coefficient (Wildman–Crippen LogP) is 13.1. The summed E-state index contributed by atoms with van der Waals surface area (Å²) >= 11 is 0. The van der Waals surface area contributed by atoms with E-state index in [1.54, 1.807) is 0 Å². The molecular formula is C54H39N5. The molecular weight excluding hydrogens is 719 g/mol. The second kappa shape index (κ2) is 14.5. The Labute approximate surface area is 343 Å². The third kappa shape index (κ3) is 6.51. The van der Waals surface area contributed by atoms with E-state index in [2.05, 4.69) is 133 Å². The number of allylic oxidation sites excluding steroid dienone is 2. The molecule has 0 amide bonds. The summed E-state index contributed by atoms with van der Waals surface area (Å²) in [6.07, 6.45) is 8.59. The molecule has 2 atom stereocenters. The Bertz CT molecular complexity index is 3020. The summed E-state index contributed by atoms with van der Waals surface area (Å²) in [5.74, 6) is 3.22. The first kappa shape index (κ1) is 34.8. The SMILES string of the molecule is C1=CC2(c3ccc(-c4cc(-c5cc(-c6nc(-c7ccccc7)nc(-c7ccccc7-c7ccccc7)n6)cc6ccccc56)nc(-c5ccccc5)n4)cc3)CCC1C2. The first-order chi connectivity index (χ1) is 29.2. The fourth-order valence-corrected chi connectivity index (χ4v) is 9.07. The fraction of sp³-hybridized carbons (Fsp3) is 0.0926. The smallest absolute Gasteiger partial charge is 0.164 e. The third-order valence-electron chi connectivity index (χ3n) is 12.1. The summed E-state index contributed by atoms with van der Waals surface area (Å²) < 4.78 is 0. The molecule has 2 heterocycles. The number of nitrogens with zero attached hydrogens (tertiary/aromatic N) is 5. The molecule has 0 spiro atoms. The average Bonchev–Trinajstić information content (AvgIpc) is 3.95. The first-order valence-electron chi connectivity index (χ1n) is 20.4. The summed E-state index contributed by atoms with van der Waals surface area (Å²) in [5.41, 5.74) is 11.2. The lowest BCUT2D eigenvalue weighted by Crippen LogP contribution is -2.16. The lowest BCUT2D eigenvalue weighted by atomic mass is 9.80. The number of hydrogen-bond donors (Lipinski definition) is 0. The highest BCUT2D eigenvalue weighted by Crippen LogP contribution is 2.51. The van der Waals surface area contributed by atoms with Crippen molar-refractivity contribution in [1.82, 2.24) is 24.9 Å². The van der Waals surface area contributed by atoms with Gasteiger partial charge in [0.2, 0.25) is 0 Å². The lowest BCUT2D eigenvalue weighted by Gasteiger charge is -2.24. The van der Waals surface area contributed by atoms with E-state index in [0.29, 0.717) is 23.3 Å². The first-order valence-corrected chi connectivity index (χ1v) is 20.4. The van der Waals surface area contributed by atoms with Gasteiger partial charge in [-0.25, -0.2) is 24.9 Å². The van der Waals surface area contributed by atoms with Crippen LogP contribution in [0.25, 0.3) is 90.0 Å². The van der Waals surface area contributed by atoms with Crippen molar-refractivity contribution < 1.29 is 0 Å². The monoisotopic (exact) mass is 757 g/mol. The van der Waals surface area contributed by atoms with E-state index in [9.17, 15) is 0 Å². The maximum Gasteiger partial charge on any atom is 0.164 e. The van der Waals surface area contributed by atoms with Crippen molar-refractivity contribution >= 4 is 10.8 Å². The second-order valence-electron chi connectivity index (χ2n) is 15.8. The van der Waals surface area contributed by atoms with Gasteiger partial charge in [-0.1, -0.05) is 176 Å². The van der Waals surface area contributed by atoms with Crippen LogP contribution in [-0.2, 0) is 5.41 Å². The number of fused-ring (bicyclic) bond motifs is 3. The summed E-state index contributed by atoms with van der Waals surface area (Å²) in [6.45, 7) is 0. The molecule has 2 aliphatic rings. The number of rotatable bonds is 8. The van der Waals surface area contributed by atoms with Crippen LogP contribution in [0.4, 0.5) is 0 Å². The summed E-state index contributed by atoms with van der Waals surface area (Å²) in [4.78, 5) is 26.0. The Morgan fingerprint density at radius 3 is 1.64 bits per heavy atom. The highest BCUT2D eigenvalue weighted by molar-refractivity contribution is 5.99. The van der Waals surface area contributed by atoms with Crippen molar-refractivity contribution in [3.63, 3.8) is 0 Å². The zero-order chi connectivity index (χ0) is 39.2. The van der Waals surface area contributed by atoms with Crippen LogP contribution in [-0.4, -0.2) is 24.9 Å². The Kier molecular flexibility index (Phi) is 8.58. The molecule has 1 saturated carbocycles.